The summed E-state index contributed by atoms with van der Waals surface area (Å²) >= 11 is 0. The van der Waals surface area contributed by atoms with Crippen molar-refractivity contribution in [1.82, 2.24) is 4.90 Å². The van der Waals surface area contributed by atoms with E-state index in [1.54, 1.807) is 0 Å². The second kappa shape index (κ2) is 4.59. The number of ether oxygens (including phenoxy) is 1. The van der Waals surface area contributed by atoms with Gasteiger partial charge in [0, 0.05) is 30.7 Å². The van der Waals surface area contributed by atoms with E-state index in [1.165, 1.54) is 29.5 Å². The van der Waals surface area contributed by atoms with Crippen molar-refractivity contribution in [2.45, 2.75) is 25.3 Å². The van der Waals surface area contributed by atoms with Gasteiger partial charge in [-0.2, -0.15) is 0 Å². The highest BCUT2D eigenvalue weighted by Crippen LogP contribution is 2.49. The molecular formula is C18H22N2O2. The summed E-state index contributed by atoms with van der Waals surface area (Å²) in [4.78, 5) is 14.6. The molecule has 3 aliphatic rings. The number of carbonyl (C=O) groups excluding carboxylic acids is 1. The molecule has 0 spiro atoms. The van der Waals surface area contributed by atoms with Gasteiger partial charge in [-0.25, -0.2) is 0 Å². The second-order valence-electron chi connectivity index (χ2n) is 7.02. The fourth-order valence-corrected chi connectivity index (χ4v) is 4.49. The predicted octanol–water partition coefficient (Wildman–Crippen LogP) is 2.48. The monoisotopic (exact) mass is 298 g/mol. The molecule has 0 bridgehead atoms. The molecule has 1 aromatic rings. The highest BCUT2D eigenvalue weighted by Gasteiger charge is 2.45. The van der Waals surface area contributed by atoms with Crippen molar-refractivity contribution in [2.24, 2.45) is 5.41 Å². The first kappa shape index (κ1) is 13.8. The minimum atomic E-state index is -0.572. The minimum absolute atomic E-state index is 0.155. The first-order valence-corrected chi connectivity index (χ1v) is 7.92. The minimum Gasteiger partial charge on any atom is -0.468 e. The lowest BCUT2D eigenvalue weighted by atomic mass is 9.71. The van der Waals surface area contributed by atoms with Crippen LogP contribution in [0.1, 0.15) is 30.4 Å². The third kappa shape index (κ3) is 1.76. The number of likely N-dealkylation sites (N-methyl/N-ethyl adjacent to an activating group) is 1. The zero-order chi connectivity index (χ0) is 15.5. The highest BCUT2D eigenvalue weighted by atomic mass is 16.5. The Kier molecular flexibility index (Phi) is 2.89. The number of anilines is 1. The zero-order valence-corrected chi connectivity index (χ0v) is 13.3. The highest BCUT2D eigenvalue weighted by molar-refractivity contribution is 5.87. The number of methoxy groups -OCH3 is 1. The Morgan fingerprint density at radius 2 is 2.27 bits per heavy atom. The van der Waals surface area contributed by atoms with Crippen LogP contribution in [0, 0.1) is 5.41 Å². The Bertz CT molecular complexity index is 682. The Labute approximate surface area is 131 Å². The molecule has 4 nitrogen and oxygen atoms in total. The van der Waals surface area contributed by atoms with E-state index in [0.717, 1.165) is 13.0 Å². The summed E-state index contributed by atoms with van der Waals surface area (Å²) in [5, 5.41) is 3.52. The van der Waals surface area contributed by atoms with Crippen LogP contribution in [-0.2, 0) is 9.53 Å². The van der Waals surface area contributed by atoms with E-state index in [-0.39, 0.29) is 5.97 Å². The molecule has 0 amide bonds. The number of hydrogen-bond acceptors (Lipinski definition) is 4. The maximum Gasteiger partial charge on any atom is 0.316 e. The maximum atomic E-state index is 12.3. The summed E-state index contributed by atoms with van der Waals surface area (Å²) in [5.41, 5.74) is 4.72. The van der Waals surface area contributed by atoms with Crippen molar-refractivity contribution in [1.29, 1.82) is 0 Å². The van der Waals surface area contributed by atoms with Gasteiger partial charge in [0.05, 0.1) is 12.5 Å². The van der Waals surface area contributed by atoms with Gasteiger partial charge in [-0.05, 0) is 43.2 Å². The van der Waals surface area contributed by atoms with E-state index in [2.05, 4.69) is 41.5 Å². The van der Waals surface area contributed by atoms with Gasteiger partial charge >= 0.3 is 5.97 Å². The molecule has 3 atom stereocenters. The Hall–Kier alpha value is -1.81. The molecule has 1 unspecified atom stereocenters. The van der Waals surface area contributed by atoms with E-state index in [1.807, 2.05) is 6.92 Å². The van der Waals surface area contributed by atoms with E-state index >= 15 is 0 Å². The van der Waals surface area contributed by atoms with Crippen LogP contribution >= 0.6 is 0 Å². The van der Waals surface area contributed by atoms with Gasteiger partial charge in [-0.3, -0.25) is 9.69 Å². The topological polar surface area (TPSA) is 41.6 Å². The van der Waals surface area contributed by atoms with Crippen LogP contribution in [0.2, 0.25) is 0 Å². The van der Waals surface area contributed by atoms with Crippen LogP contribution in [0.4, 0.5) is 5.69 Å². The molecule has 4 heteroatoms. The summed E-state index contributed by atoms with van der Waals surface area (Å²) in [7, 11) is 3.59. The Morgan fingerprint density at radius 1 is 1.45 bits per heavy atom. The average molecular weight is 298 g/mol. The molecule has 1 aliphatic carbocycles. The molecule has 4 rings (SSSR count). The van der Waals surface area contributed by atoms with E-state index in [0.29, 0.717) is 18.5 Å². The van der Waals surface area contributed by atoms with E-state index in [4.69, 9.17) is 4.74 Å². The third-order valence-corrected chi connectivity index (χ3v) is 5.47. The Morgan fingerprint density at radius 3 is 3.05 bits per heavy atom. The predicted molar refractivity (Wildman–Crippen MR) is 86.8 cm³/mol. The molecule has 0 aromatic heterocycles. The van der Waals surface area contributed by atoms with Gasteiger partial charge in [0.1, 0.15) is 0 Å². The molecule has 116 valence electrons. The molecular weight excluding hydrogens is 276 g/mol. The number of nitrogens with zero attached hydrogens (tertiary/aromatic N) is 1. The van der Waals surface area contributed by atoms with Crippen LogP contribution in [-0.4, -0.2) is 44.2 Å². The zero-order valence-electron chi connectivity index (χ0n) is 13.3. The summed E-state index contributed by atoms with van der Waals surface area (Å²) < 4.78 is 5.04. The molecule has 0 fully saturated rings. The van der Waals surface area contributed by atoms with Crippen molar-refractivity contribution < 1.29 is 9.53 Å². The average Bonchev–Trinajstić information content (AvgIpc) is 2.92. The van der Waals surface area contributed by atoms with Gasteiger partial charge in [0.2, 0.25) is 0 Å². The van der Waals surface area contributed by atoms with Crippen LogP contribution in [0.15, 0.2) is 24.3 Å². The van der Waals surface area contributed by atoms with Crippen LogP contribution in [0.3, 0.4) is 0 Å². The van der Waals surface area contributed by atoms with Crippen molar-refractivity contribution in [3.63, 3.8) is 0 Å². The lowest BCUT2D eigenvalue weighted by Crippen LogP contribution is -2.49. The number of rotatable bonds is 1. The normalized spacial score (nSPS) is 32.6. The van der Waals surface area contributed by atoms with Crippen molar-refractivity contribution in [2.75, 3.05) is 32.6 Å². The smallest absolute Gasteiger partial charge is 0.316 e. The SMILES string of the molecule is COC(=O)[C@]1(C)C=C2c3cccc4c3C(CN4)C[C@H]2N(C)C1. The Balaban J connectivity index is 1.89. The molecule has 0 radical (unpaired) electrons. The van der Waals surface area contributed by atoms with Gasteiger partial charge in [0.25, 0.3) is 0 Å². The van der Waals surface area contributed by atoms with Gasteiger partial charge in [-0.15, -0.1) is 0 Å². The third-order valence-electron chi connectivity index (χ3n) is 5.47. The van der Waals surface area contributed by atoms with Crippen molar-refractivity contribution in [3.05, 3.63) is 35.4 Å². The van der Waals surface area contributed by atoms with Crippen molar-refractivity contribution in [3.8, 4) is 0 Å². The van der Waals surface area contributed by atoms with Gasteiger partial charge < -0.3 is 10.1 Å². The van der Waals surface area contributed by atoms with Crippen LogP contribution in [0.25, 0.3) is 5.57 Å². The largest absolute Gasteiger partial charge is 0.468 e. The number of hydrogen-bond donors (Lipinski definition) is 1. The first-order valence-electron chi connectivity index (χ1n) is 7.92. The molecule has 1 aromatic carbocycles. The fraction of sp³-hybridized carbons (Fsp3) is 0.500. The first-order chi connectivity index (χ1) is 10.5. The van der Waals surface area contributed by atoms with Crippen LogP contribution < -0.4 is 5.32 Å². The van der Waals surface area contributed by atoms with Gasteiger partial charge in [-0.1, -0.05) is 18.2 Å². The van der Waals surface area contributed by atoms with Crippen LogP contribution in [0.5, 0.6) is 0 Å². The van der Waals surface area contributed by atoms with Gasteiger partial charge in [0.15, 0.2) is 0 Å². The summed E-state index contributed by atoms with van der Waals surface area (Å²) in [6.07, 6.45) is 3.28. The molecule has 0 saturated carbocycles. The summed E-state index contributed by atoms with van der Waals surface area (Å²) in [5.74, 6) is 0.427. The fourth-order valence-electron chi connectivity index (χ4n) is 4.49. The number of nitrogens with one attached hydrogen (secondary N) is 1. The number of carbonyl (C=O) groups is 1. The maximum absolute atomic E-state index is 12.3. The molecule has 0 saturated heterocycles. The van der Waals surface area contributed by atoms with Crippen molar-refractivity contribution >= 4 is 17.2 Å². The van der Waals surface area contributed by atoms with E-state index in [9.17, 15) is 4.79 Å². The summed E-state index contributed by atoms with van der Waals surface area (Å²) in [6, 6.07) is 6.86. The number of esters is 1. The standard InChI is InChI=1S/C18H22N2O2/c1-18(17(21)22-3)8-13-12-5-4-6-14-16(12)11(9-19-14)7-15(13)20(2)10-18/h4-6,8,11,15,19H,7,9-10H2,1-3H3/t11?,15-,18-/m1/s1. The molecule has 2 aliphatic heterocycles. The number of fused-ring (bicyclic) bond motifs is 2. The van der Waals surface area contributed by atoms with E-state index < -0.39 is 5.41 Å². The lowest BCUT2D eigenvalue weighted by molar-refractivity contribution is -0.150. The molecule has 2 heterocycles. The lowest BCUT2D eigenvalue weighted by Gasteiger charge is -2.44. The molecule has 1 N–H and O–H groups in total. The second-order valence-corrected chi connectivity index (χ2v) is 7.02. The quantitative estimate of drug-likeness (QED) is 0.809. The number of benzene rings is 1. The summed E-state index contributed by atoms with van der Waals surface area (Å²) in [6.45, 7) is 3.72. The molecule has 22 heavy (non-hydrogen) atoms.